The summed E-state index contributed by atoms with van der Waals surface area (Å²) in [7, 11) is 0. The minimum absolute atomic E-state index is 0.175. The van der Waals surface area contributed by atoms with Crippen LogP contribution in [0.5, 0.6) is 0 Å². The van der Waals surface area contributed by atoms with Gasteiger partial charge in [0.25, 0.3) is 0 Å². The summed E-state index contributed by atoms with van der Waals surface area (Å²) in [6.45, 7) is 1.93. The maximum absolute atomic E-state index is 12.2. The molecular formula is C14H15ClO. The smallest absolute Gasteiger partial charge is 0.188 e. The van der Waals surface area contributed by atoms with Gasteiger partial charge in [0.1, 0.15) is 0 Å². The van der Waals surface area contributed by atoms with Crippen LogP contribution < -0.4 is 0 Å². The second-order valence-corrected chi connectivity index (χ2v) is 4.70. The molecule has 1 aliphatic carbocycles. The monoisotopic (exact) mass is 234 g/mol. The Bertz CT molecular complexity index is 446. The van der Waals surface area contributed by atoms with Crippen LogP contribution in [0.4, 0.5) is 0 Å². The maximum atomic E-state index is 12.2. The second kappa shape index (κ2) is 4.84. The van der Waals surface area contributed by atoms with Crippen molar-refractivity contribution in [2.24, 2.45) is 0 Å². The molecule has 0 spiro atoms. The molecule has 0 atom stereocenters. The summed E-state index contributed by atoms with van der Waals surface area (Å²) in [6.07, 6.45) is 6.37. The lowest BCUT2D eigenvalue weighted by Gasteiger charge is -2.13. The number of carbonyl (C=O) groups excluding carboxylic acids is 1. The van der Waals surface area contributed by atoms with Gasteiger partial charge in [-0.05, 0) is 61.9 Å². The minimum Gasteiger partial charge on any atom is -0.289 e. The number of benzene rings is 1. The van der Waals surface area contributed by atoms with E-state index < -0.39 is 0 Å². The number of ketones is 1. The summed E-state index contributed by atoms with van der Waals surface area (Å²) in [5.41, 5.74) is 2.72. The predicted octanol–water partition coefficient (Wildman–Crippen LogP) is 4.33. The van der Waals surface area contributed by atoms with Crippen molar-refractivity contribution in [3.63, 3.8) is 0 Å². The Morgan fingerprint density at radius 2 is 2.12 bits per heavy atom. The van der Waals surface area contributed by atoms with Gasteiger partial charge in [0.05, 0.1) is 0 Å². The molecule has 0 radical (unpaired) electrons. The van der Waals surface area contributed by atoms with Crippen molar-refractivity contribution in [2.75, 3.05) is 0 Å². The van der Waals surface area contributed by atoms with Gasteiger partial charge in [0.2, 0.25) is 0 Å². The topological polar surface area (TPSA) is 17.1 Å². The van der Waals surface area contributed by atoms with Crippen molar-refractivity contribution >= 4 is 17.4 Å². The highest BCUT2D eigenvalue weighted by Crippen LogP contribution is 2.24. The molecule has 1 aromatic carbocycles. The first-order valence-corrected chi connectivity index (χ1v) is 6.06. The van der Waals surface area contributed by atoms with Crippen LogP contribution >= 0.6 is 11.6 Å². The second-order valence-electron chi connectivity index (χ2n) is 4.26. The van der Waals surface area contributed by atoms with Crippen molar-refractivity contribution in [2.45, 2.75) is 32.6 Å². The van der Waals surface area contributed by atoms with Crippen molar-refractivity contribution in [3.05, 3.63) is 46.0 Å². The number of allylic oxidation sites excluding steroid dienone is 2. The van der Waals surface area contributed by atoms with E-state index in [1.807, 2.05) is 19.1 Å². The van der Waals surface area contributed by atoms with Crippen molar-refractivity contribution < 1.29 is 4.79 Å². The fraction of sp³-hybridized carbons (Fsp3) is 0.357. The maximum Gasteiger partial charge on any atom is 0.188 e. The predicted molar refractivity (Wildman–Crippen MR) is 67.1 cm³/mol. The quantitative estimate of drug-likeness (QED) is 0.696. The van der Waals surface area contributed by atoms with E-state index in [4.69, 9.17) is 11.6 Å². The Balaban J connectivity index is 2.30. The summed E-state index contributed by atoms with van der Waals surface area (Å²) < 4.78 is 0. The largest absolute Gasteiger partial charge is 0.289 e. The molecule has 1 aromatic rings. The van der Waals surface area contributed by atoms with Gasteiger partial charge < -0.3 is 0 Å². The lowest BCUT2D eigenvalue weighted by atomic mass is 9.91. The molecule has 0 bridgehead atoms. The molecule has 0 aromatic heterocycles. The third kappa shape index (κ3) is 2.35. The molecule has 16 heavy (non-hydrogen) atoms. The number of Topliss-reactive ketones (excluding diaryl/α,β-unsaturated/α-hetero) is 1. The van der Waals surface area contributed by atoms with Gasteiger partial charge in [0, 0.05) is 10.6 Å². The zero-order valence-corrected chi connectivity index (χ0v) is 10.2. The highest BCUT2D eigenvalue weighted by Gasteiger charge is 2.16. The van der Waals surface area contributed by atoms with Crippen molar-refractivity contribution in [3.8, 4) is 0 Å². The summed E-state index contributed by atoms with van der Waals surface area (Å²) in [5.74, 6) is 0.175. The molecule has 84 valence electrons. The standard InChI is InChI=1S/C14H15ClO/c1-10-9-12(15)7-8-13(10)14(16)11-5-3-2-4-6-11/h5,7-9H,2-4,6H2,1H3. The number of halogens is 1. The van der Waals surface area contributed by atoms with Gasteiger partial charge in [-0.25, -0.2) is 0 Å². The van der Waals surface area contributed by atoms with Gasteiger partial charge in [-0.1, -0.05) is 17.7 Å². The summed E-state index contributed by atoms with van der Waals surface area (Å²) >= 11 is 5.88. The van der Waals surface area contributed by atoms with Gasteiger partial charge in [-0.2, -0.15) is 0 Å². The van der Waals surface area contributed by atoms with E-state index in [2.05, 4.69) is 6.08 Å². The number of hydrogen-bond acceptors (Lipinski definition) is 1. The first kappa shape index (κ1) is 11.4. The minimum atomic E-state index is 0.175. The van der Waals surface area contributed by atoms with E-state index >= 15 is 0 Å². The molecule has 1 nitrogen and oxygen atoms in total. The normalized spacial score (nSPS) is 15.8. The molecule has 0 amide bonds. The molecule has 0 heterocycles. The number of hydrogen-bond donors (Lipinski definition) is 0. The first-order chi connectivity index (χ1) is 7.68. The molecule has 1 aliphatic rings. The molecule has 0 saturated carbocycles. The average molecular weight is 235 g/mol. The van der Waals surface area contributed by atoms with Crippen molar-refractivity contribution in [1.29, 1.82) is 0 Å². The Labute approximate surface area is 101 Å². The van der Waals surface area contributed by atoms with Gasteiger partial charge in [-0.15, -0.1) is 0 Å². The highest BCUT2D eigenvalue weighted by atomic mass is 35.5. The number of carbonyl (C=O) groups is 1. The van der Waals surface area contributed by atoms with Crippen LogP contribution in [0.15, 0.2) is 29.8 Å². The van der Waals surface area contributed by atoms with E-state index in [-0.39, 0.29) is 5.78 Å². The van der Waals surface area contributed by atoms with E-state index in [1.165, 1.54) is 6.42 Å². The molecule has 0 N–H and O–H groups in total. The zero-order chi connectivity index (χ0) is 11.5. The fourth-order valence-electron chi connectivity index (χ4n) is 2.10. The molecule has 2 heteroatoms. The Morgan fingerprint density at radius 1 is 1.31 bits per heavy atom. The van der Waals surface area contributed by atoms with Crippen molar-refractivity contribution in [1.82, 2.24) is 0 Å². The molecule has 0 unspecified atom stereocenters. The van der Waals surface area contributed by atoms with Crippen LogP contribution in [0.25, 0.3) is 0 Å². The SMILES string of the molecule is Cc1cc(Cl)ccc1C(=O)C1=CCCCC1. The number of rotatable bonds is 2. The van der Waals surface area contributed by atoms with Crippen LogP contribution in [-0.4, -0.2) is 5.78 Å². The van der Waals surface area contributed by atoms with Gasteiger partial charge >= 0.3 is 0 Å². The van der Waals surface area contributed by atoms with E-state index in [9.17, 15) is 4.79 Å². The summed E-state index contributed by atoms with van der Waals surface area (Å²) in [6, 6.07) is 5.46. The van der Waals surface area contributed by atoms with Crippen LogP contribution in [0.2, 0.25) is 5.02 Å². The van der Waals surface area contributed by atoms with E-state index in [1.54, 1.807) is 6.07 Å². The lowest BCUT2D eigenvalue weighted by molar-refractivity contribution is 0.102. The highest BCUT2D eigenvalue weighted by molar-refractivity contribution is 6.30. The Kier molecular flexibility index (Phi) is 3.45. The molecule has 2 rings (SSSR count). The van der Waals surface area contributed by atoms with E-state index in [0.29, 0.717) is 5.02 Å². The summed E-state index contributed by atoms with van der Waals surface area (Å²) in [5, 5.41) is 0.687. The average Bonchev–Trinajstić information content (AvgIpc) is 2.29. The van der Waals surface area contributed by atoms with Crippen LogP contribution in [0, 0.1) is 6.92 Å². The molecule has 0 fully saturated rings. The van der Waals surface area contributed by atoms with Gasteiger partial charge in [0.15, 0.2) is 5.78 Å². The fourth-order valence-corrected chi connectivity index (χ4v) is 2.33. The zero-order valence-electron chi connectivity index (χ0n) is 9.42. The van der Waals surface area contributed by atoms with Gasteiger partial charge in [-0.3, -0.25) is 4.79 Å². The number of aryl methyl sites for hydroxylation is 1. The van der Waals surface area contributed by atoms with Crippen LogP contribution in [0.1, 0.15) is 41.6 Å². The first-order valence-electron chi connectivity index (χ1n) is 5.68. The third-order valence-corrected chi connectivity index (χ3v) is 3.25. The molecule has 0 saturated heterocycles. The Morgan fingerprint density at radius 3 is 2.75 bits per heavy atom. The lowest BCUT2D eigenvalue weighted by Crippen LogP contribution is -2.08. The molecular weight excluding hydrogens is 220 g/mol. The molecule has 0 aliphatic heterocycles. The Hall–Kier alpha value is -1.08. The van der Waals surface area contributed by atoms with E-state index in [0.717, 1.165) is 36.0 Å². The third-order valence-electron chi connectivity index (χ3n) is 3.02. The van der Waals surface area contributed by atoms with Crippen LogP contribution in [0.3, 0.4) is 0 Å². The summed E-state index contributed by atoms with van der Waals surface area (Å²) in [4.78, 5) is 12.2. The van der Waals surface area contributed by atoms with Crippen LogP contribution in [-0.2, 0) is 0 Å².